The summed E-state index contributed by atoms with van der Waals surface area (Å²) in [5.41, 5.74) is 1.03. The topological polar surface area (TPSA) is 77.8 Å². The van der Waals surface area contributed by atoms with Gasteiger partial charge in [-0.2, -0.15) is 0 Å². The van der Waals surface area contributed by atoms with Crippen LogP contribution in [-0.2, 0) is 9.59 Å². The Balaban J connectivity index is 1.96. The van der Waals surface area contributed by atoms with E-state index in [1.807, 2.05) is 0 Å². The monoisotopic (exact) mass is 473 g/mol. The van der Waals surface area contributed by atoms with Crippen molar-refractivity contribution in [3.63, 3.8) is 0 Å². The lowest BCUT2D eigenvalue weighted by molar-refractivity contribution is -0.132. The highest BCUT2D eigenvalue weighted by Gasteiger charge is 2.47. The Morgan fingerprint density at radius 1 is 0.871 bits per heavy atom. The third-order valence-corrected chi connectivity index (χ3v) is 5.91. The number of nitrogens with zero attached hydrogens (tertiary/aromatic N) is 1. The van der Waals surface area contributed by atoms with Crippen LogP contribution in [0.4, 0.5) is 5.69 Å². The number of rotatable bonds is 3. The molecule has 31 heavy (non-hydrogen) atoms. The first-order valence-electron chi connectivity index (χ1n) is 9.09. The van der Waals surface area contributed by atoms with Crippen molar-refractivity contribution < 1.29 is 19.8 Å². The van der Waals surface area contributed by atoms with Gasteiger partial charge in [-0.05, 0) is 48.0 Å². The molecule has 1 aliphatic heterocycles. The van der Waals surface area contributed by atoms with E-state index < -0.39 is 17.7 Å². The van der Waals surface area contributed by atoms with Crippen LogP contribution in [0.25, 0.3) is 5.76 Å². The maximum atomic E-state index is 13.0. The van der Waals surface area contributed by atoms with Gasteiger partial charge in [0.25, 0.3) is 11.7 Å². The summed E-state index contributed by atoms with van der Waals surface area (Å²) in [7, 11) is 0. The van der Waals surface area contributed by atoms with Gasteiger partial charge in [-0.1, -0.05) is 59.1 Å². The van der Waals surface area contributed by atoms with Gasteiger partial charge < -0.3 is 10.2 Å². The molecular weight excluding hydrogens is 461 g/mol. The zero-order valence-corrected chi connectivity index (χ0v) is 18.0. The van der Waals surface area contributed by atoms with Crippen molar-refractivity contribution in [2.24, 2.45) is 0 Å². The van der Waals surface area contributed by atoms with E-state index in [9.17, 15) is 19.8 Å². The molecule has 1 atom stereocenters. The largest absolute Gasteiger partial charge is 0.508 e. The molecule has 1 saturated heterocycles. The van der Waals surface area contributed by atoms with E-state index in [2.05, 4.69) is 0 Å². The molecule has 3 aromatic rings. The van der Waals surface area contributed by atoms with E-state index in [1.165, 1.54) is 35.2 Å². The van der Waals surface area contributed by atoms with Gasteiger partial charge in [0.15, 0.2) is 0 Å². The molecule has 3 aromatic carbocycles. The first-order valence-corrected chi connectivity index (χ1v) is 10.2. The fraction of sp³-hybridized carbons (Fsp3) is 0.0435. The summed E-state index contributed by atoms with van der Waals surface area (Å²) in [6.07, 6.45) is 0. The molecule has 0 bridgehead atoms. The average molecular weight is 475 g/mol. The minimum atomic E-state index is -0.961. The normalized spacial score (nSPS) is 17.9. The Labute approximate surface area is 192 Å². The minimum absolute atomic E-state index is 0.0186. The molecule has 0 spiro atoms. The van der Waals surface area contributed by atoms with Gasteiger partial charge in [0.05, 0.1) is 21.7 Å². The van der Waals surface area contributed by atoms with E-state index in [1.54, 1.807) is 36.4 Å². The smallest absolute Gasteiger partial charge is 0.300 e. The second kappa shape index (κ2) is 8.27. The molecule has 1 fully saturated rings. The highest BCUT2D eigenvalue weighted by Crippen LogP contribution is 2.43. The Morgan fingerprint density at radius 2 is 1.58 bits per heavy atom. The molecule has 0 saturated carbocycles. The number of anilines is 1. The molecule has 0 aliphatic carbocycles. The molecule has 0 aromatic heterocycles. The number of phenolic OH excluding ortho intramolecular Hbond substituents is 1. The van der Waals surface area contributed by atoms with E-state index in [0.29, 0.717) is 26.9 Å². The number of carbonyl (C=O) groups excluding carboxylic acids is 2. The fourth-order valence-electron chi connectivity index (χ4n) is 3.50. The standard InChI is InChI=1S/C23H14Cl3NO4/c24-14-3-1-2-13(10-14)21(29)19-20(12-4-7-16(28)8-5-12)27(23(31)22(19)30)15-6-9-17(25)18(26)11-15/h1-11,20,28-29H/b21-19+. The lowest BCUT2D eigenvalue weighted by atomic mass is 9.95. The second-order valence-corrected chi connectivity index (χ2v) is 8.12. The third-order valence-electron chi connectivity index (χ3n) is 4.93. The van der Waals surface area contributed by atoms with Crippen LogP contribution < -0.4 is 4.90 Å². The fourth-order valence-corrected chi connectivity index (χ4v) is 3.98. The number of hydrogen-bond acceptors (Lipinski definition) is 4. The molecule has 156 valence electrons. The van der Waals surface area contributed by atoms with Crippen molar-refractivity contribution in [3.8, 4) is 5.75 Å². The number of carbonyl (C=O) groups is 2. The van der Waals surface area contributed by atoms with Crippen molar-refractivity contribution in [1.82, 2.24) is 0 Å². The van der Waals surface area contributed by atoms with Crippen molar-refractivity contribution >= 4 is 57.9 Å². The number of aliphatic hydroxyl groups excluding tert-OH is 1. The summed E-state index contributed by atoms with van der Waals surface area (Å²) < 4.78 is 0. The number of phenols is 1. The van der Waals surface area contributed by atoms with Gasteiger partial charge in [0, 0.05) is 16.3 Å². The Kier molecular flexibility index (Phi) is 5.67. The van der Waals surface area contributed by atoms with Crippen LogP contribution in [0.2, 0.25) is 15.1 Å². The predicted octanol–water partition coefficient (Wildman–Crippen LogP) is 5.98. The van der Waals surface area contributed by atoms with Crippen molar-refractivity contribution in [2.45, 2.75) is 6.04 Å². The Morgan fingerprint density at radius 3 is 2.23 bits per heavy atom. The maximum Gasteiger partial charge on any atom is 0.300 e. The molecule has 8 heteroatoms. The first-order chi connectivity index (χ1) is 14.8. The number of hydrogen-bond donors (Lipinski definition) is 2. The van der Waals surface area contributed by atoms with E-state index >= 15 is 0 Å². The second-order valence-electron chi connectivity index (χ2n) is 6.87. The van der Waals surface area contributed by atoms with E-state index in [0.717, 1.165) is 0 Å². The zero-order chi connectivity index (χ0) is 22.3. The Hall–Kier alpha value is -2.99. The predicted molar refractivity (Wildman–Crippen MR) is 121 cm³/mol. The third kappa shape index (κ3) is 3.88. The van der Waals surface area contributed by atoms with Crippen LogP contribution in [0.1, 0.15) is 17.2 Å². The number of Topliss-reactive ketones (excluding diaryl/α,β-unsaturated/α-hetero) is 1. The van der Waals surface area contributed by atoms with Crippen molar-refractivity contribution in [2.75, 3.05) is 4.90 Å². The number of halogens is 3. The van der Waals surface area contributed by atoms with Crippen LogP contribution in [0.5, 0.6) is 5.75 Å². The summed E-state index contributed by atoms with van der Waals surface area (Å²) >= 11 is 18.2. The molecule has 4 rings (SSSR count). The summed E-state index contributed by atoms with van der Waals surface area (Å²) in [4.78, 5) is 27.3. The summed E-state index contributed by atoms with van der Waals surface area (Å²) in [5.74, 6) is -2.03. The average Bonchev–Trinajstić information content (AvgIpc) is 3.01. The molecule has 1 amide bonds. The highest BCUT2D eigenvalue weighted by atomic mass is 35.5. The summed E-state index contributed by atoms with van der Waals surface area (Å²) in [6, 6.07) is 15.9. The minimum Gasteiger partial charge on any atom is -0.508 e. The van der Waals surface area contributed by atoms with Gasteiger partial charge in [0.1, 0.15) is 11.5 Å². The van der Waals surface area contributed by atoms with Crippen molar-refractivity contribution in [3.05, 3.63) is 98.5 Å². The lowest BCUT2D eigenvalue weighted by Gasteiger charge is -2.25. The molecular formula is C23H14Cl3NO4. The molecule has 1 aliphatic rings. The maximum absolute atomic E-state index is 13.0. The number of ketones is 1. The van der Waals surface area contributed by atoms with Gasteiger partial charge in [0.2, 0.25) is 0 Å². The quantitative estimate of drug-likeness (QED) is 0.278. The first kappa shape index (κ1) is 21.2. The lowest BCUT2D eigenvalue weighted by Crippen LogP contribution is -2.29. The highest BCUT2D eigenvalue weighted by molar-refractivity contribution is 6.52. The van der Waals surface area contributed by atoms with Crippen LogP contribution in [0, 0.1) is 0 Å². The van der Waals surface area contributed by atoms with Crippen LogP contribution in [0.3, 0.4) is 0 Å². The van der Waals surface area contributed by atoms with Gasteiger partial charge in [-0.25, -0.2) is 0 Å². The Bertz CT molecular complexity index is 1240. The molecule has 0 radical (unpaired) electrons. The SMILES string of the molecule is O=C1C(=O)N(c2ccc(Cl)c(Cl)c2)C(c2ccc(O)cc2)/C1=C(\O)c1cccc(Cl)c1. The van der Waals surface area contributed by atoms with E-state index in [-0.39, 0.29) is 22.1 Å². The summed E-state index contributed by atoms with van der Waals surface area (Å²) in [5, 5.41) is 21.6. The number of aromatic hydroxyl groups is 1. The molecule has 5 nitrogen and oxygen atoms in total. The summed E-state index contributed by atoms with van der Waals surface area (Å²) in [6.45, 7) is 0. The van der Waals surface area contributed by atoms with E-state index in [4.69, 9.17) is 34.8 Å². The van der Waals surface area contributed by atoms with Gasteiger partial charge in [-0.15, -0.1) is 0 Å². The van der Waals surface area contributed by atoms with Crippen LogP contribution >= 0.6 is 34.8 Å². The molecule has 1 heterocycles. The van der Waals surface area contributed by atoms with Gasteiger partial charge >= 0.3 is 0 Å². The number of aliphatic hydroxyl groups is 1. The van der Waals surface area contributed by atoms with Crippen LogP contribution in [-0.4, -0.2) is 21.9 Å². The zero-order valence-electron chi connectivity index (χ0n) is 15.7. The van der Waals surface area contributed by atoms with Crippen LogP contribution in [0.15, 0.2) is 72.3 Å². The molecule has 1 unspecified atom stereocenters. The van der Waals surface area contributed by atoms with Crippen molar-refractivity contribution in [1.29, 1.82) is 0 Å². The molecule has 2 N–H and O–H groups in total. The van der Waals surface area contributed by atoms with Gasteiger partial charge in [-0.3, -0.25) is 14.5 Å². The number of amides is 1. The number of benzene rings is 3.